The van der Waals surface area contributed by atoms with Crippen molar-refractivity contribution in [3.63, 3.8) is 0 Å². The van der Waals surface area contributed by atoms with E-state index in [9.17, 15) is 0 Å². The average Bonchev–Trinajstić information content (AvgIpc) is 3.11. The molecule has 3 rings (SSSR count). The first-order valence-electron chi connectivity index (χ1n) is 7.13. The summed E-state index contributed by atoms with van der Waals surface area (Å²) >= 11 is 5.86. The SMILES string of the molecule is Clc1ccc(-c2noc(CCNC3CCCC3)n2)cc1. The van der Waals surface area contributed by atoms with Crippen LogP contribution in [0.3, 0.4) is 0 Å². The number of rotatable bonds is 5. The predicted octanol–water partition coefficient (Wildman–Crippen LogP) is 3.46. The standard InChI is InChI=1S/C15H18ClN3O/c16-12-7-5-11(6-8-12)15-18-14(20-19-15)9-10-17-13-3-1-2-4-13/h5-8,13,17H,1-4,9-10H2. The van der Waals surface area contributed by atoms with E-state index < -0.39 is 0 Å². The van der Waals surface area contributed by atoms with Crippen LogP contribution in [0.4, 0.5) is 0 Å². The molecule has 106 valence electrons. The van der Waals surface area contributed by atoms with Gasteiger partial charge in [-0.05, 0) is 37.1 Å². The Hall–Kier alpha value is -1.39. The van der Waals surface area contributed by atoms with E-state index in [-0.39, 0.29) is 0 Å². The van der Waals surface area contributed by atoms with Gasteiger partial charge in [0.2, 0.25) is 11.7 Å². The summed E-state index contributed by atoms with van der Waals surface area (Å²) in [5.74, 6) is 1.30. The number of nitrogens with zero attached hydrogens (tertiary/aromatic N) is 2. The molecule has 2 aromatic rings. The third-order valence-electron chi connectivity index (χ3n) is 3.70. The highest BCUT2D eigenvalue weighted by Crippen LogP contribution is 2.19. The van der Waals surface area contributed by atoms with Crippen LogP contribution in [0.15, 0.2) is 28.8 Å². The average molecular weight is 292 g/mol. The molecule has 1 fully saturated rings. The van der Waals surface area contributed by atoms with Gasteiger partial charge >= 0.3 is 0 Å². The minimum atomic E-state index is 0.623. The van der Waals surface area contributed by atoms with E-state index in [4.69, 9.17) is 16.1 Å². The summed E-state index contributed by atoms with van der Waals surface area (Å²) in [6.45, 7) is 0.896. The van der Waals surface area contributed by atoms with Crippen LogP contribution >= 0.6 is 11.6 Å². The Morgan fingerprint density at radius 2 is 1.95 bits per heavy atom. The number of aromatic nitrogens is 2. The van der Waals surface area contributed by atoms with Crippen LogP contribution in [0.2, 0.25) is 5.02 Å². The zero-order chi connectivity index (χ0) is 13.8. The fourth-order valence-corrected chi connectivity index (χ4v) is 2.71. The van der Waals surface area contributed by atoms with Crippen LogP contribution in [0.25, 0.3) is 11.4 Å². The third-order valence-corrected chi connectivity index (χ3v) is 3.95. The third kappa shape index (κ3) is 3.38. The molecule has 1 aliphatic rings. The first-order valence-corrected chi connectivity index (χ1v) is 7.51. The second-order valence-corrected chi connectivity index (χ2v) is 5.64. The molecule has 0 spiro atoms. The number of hydrogen-bond acceptors (Lipinski definition) is 4. The van der Waals surface area contributed by atoms with Crippen molar-refractivity contribution in [2.45, 2.75) is 38.1 Å². The first-order chi connectivity index (χ1) is 9.81. The Bertz CT molecular complexity index is 547. The molecule has 1 aliphatic carbocycles. The number of benzene rings is 1. The molecule has 1 saturated carbocycles. The van der Waals surface area contributed by atoms with Gasteiger partial charge in [0.15, 0.2) is 0 Å². The lowest BCUT2D eigenvalue weighted by Gasteiger charge is -2.09. The molecular weight excluding hydrogens is 274 g/mol. The summed E-state index contributed by atoms with van der Waals surface area (Å²) in [5.41, 5.74) is 0.924. The van der Waals surface area contributed by atoms with Crippen molar-refractivity contribution in [1.29, 1.82) is 0 Å². The van der Waals surface area contributed by atoms with Crippen molar-refractivity contribution in [2.24, 2.45) is 0 Å². The Morgan fingerprint density at radius 3 is 2.70 bits per heavy atom. The molecule has 20 heavy (non-hydrogen) atoms. The van der Waals surface area contributed by atoms with Gasteiger partial charge in [0.1, 0.15) is 0 Å². The van der Waals surface area contributed by atoms with Crippen molar-refractivity contribution in [2.75, 3.05) is 6.54 Å². The molecule has 4 nitrogen and oxygen atoms in total. The van der Waals surface area contributed by atoms with Crippen LogP contribution < -0.4 is 5.32 Å². The summed E-state index contributed by atoms with van der Waals surface area (Å²) in [5, 5.41) is 8.26. The van der Waals surface area contributed by atoms with Crippen LogP contribution in [-0.2, 0) is 6.42 Å². The topological polar surface area (TPSA) is 51.0 Å². The van der Waals surface area contributed by atoms with Gasteiger partial charge in [0.05, 0.1) is 0 Å². The molecule has 0 bridgehead atoms. The zero-order valence-electron chi connectivity index (χ0n) is 11.3. The van der Waals surface area contributed by atoms with Crippen LogP contribution in [0.5, 0.6) is 0 Å². The molecule has 0 atom stereocenters. The van der Waals surface area contributed by atoms with Crippen LogP contribution in [0.1, 0.15) is 31.6 Å². The Balaban J connectivity index is 1.55. The molecule has 0 aliphatic heterocycles. The molecule has 0 amide bonds. The van der Waals surface area contributed by atoms with Crippen molar-refractivity contribution in [1.82, 2.24) is 15.5 Å². The molecule has 1 N–H and O–H groups in total. The van der Waals surface area contributed by atoms with Crippen LogP contribution in [-0.4, -0.2) is 22.7 Å². The normalized spacial score (nSPS) is 15.8. The second kappa shape index (κ2) is 6.37. The monoisotopic (exact) mass is 291 g/mol. The minimum absolute atomic E-state index is 0.623. The Morgan fingerprint density at radius 1 is 1.20 bits per heavy atom. The van der Waals surface area contributed by atoms with E-state index in [1.807, 2.05) is 24.3 Å². The van der Waals surface area contributed by atoms with Crippen molar-refractivity contribution >= 4 is 11.6 Å². The van der Waals surface area contributed by atoms with Gasteiger partial charge in [-0.25, -0.2) is 0 Å². The maximum atomic E-state index is 5.86. The molecular formula is C15H18ClN3O. The summed E-state index contributed by atoms with van der Waals surface area (Å²) in [4.78, 5) is 4.41. The van der Waals surface area contributed by atoms with Gasteiger partial charge in [-0.15, -0.1) is 0 Å². The molecule has 0 radical (unpaired) electrons. The summed E-state index contributed by atoms with van der Waals surface area (Å²) in [6, 6.07) is 8.12. The summed E-state index contributed by atoms with van der Waals surface area (Å²) in [7, 11) is 0. The first kappa shape index (κ1) is 13.6. The fourth-order valence-electron chi connectivity index (χ4n) is 2.59. The van der Waals surface area contributed by atoms with E-state index in [0.29, 0.717) is 22.8 Å². The largest absolute Gasteiger partial charge is 0.339 e. The van der Waals surface area contributed by atoms with E-state index in [0.717, 1.165) is 18.5 Å². The van der Waals surface area contributed by atoms with Gasteiger partial charge in [0.25, 0.3) is 0 Å². The van der Waals surface area contributed by atoms with Gasteiger partial charge in [-0.1, -0.05) is 29.6 Å². The summed E-state index contributed by atoms with van der Waals surface area (Å²) < 4.78 is 5.28. The highest BCUT2D eigenvalue weighted by atomic mass is 35.5. The van der Waals surface area contributed by atoms with Gasteiger partial charge < -0.3 is 9.84 Å². The minimum Gasteiger partial charge on any atom is -0.339 e. The molecule has 1 aromatic heterocycles. The van der Waals surface area contributed by atoms with Crippen molar-refractivity contribution < 1.29 is 4.52 Å². The van der Waals surface area contributed by atoms with E-state index in [1.54, 1.807) is 0 Å². The van der Waals surface area contributed by atoms with E-state index in [1.165, 1.54) is 25.7 Å². The second-order valence-electron chi connectivity index (χ2n) is 5.20. The highest BCUT2D eigenvalue weighted by Gasteiger charge is 2.14. The Labute approximate surface area is 123 Å². The van der Waals surface area contributed by atoms with Crippen molar-refractivity contribution in [3.05, 3.63) is 35.2 Å². The highest BCUT2D eigenvalue weighted by molar-refractivity contribution is 6.30. The summed E-state index contributed by atoms with van der Waals surface area (Å²) in [6.07, 6.45) is 6.05. The molecule has 1 aromatic carbocycles. The van der Waals surface area contributed by atoms with Gasteiger partial charge in [0, 0.05) is 29.6 Å². The van der Waals surface area contributed by atoms with Crippen molar-refractivity contribution in [3.8, 4) is 11.4 Å². The predicted molar refractivity (Wildman–Crippen MR) is 78.7 cm³/mol. The van der Waals surface area contributed by atoms with E-state index in [2.05, 4.69) is 15.5 Å². The van der Waals surface area contributed by atoms with Crippen LogP contribution in [0, 0.1) is 0 Å². The lowest BCUT2D eigenvalue weighted by Crippen LogP contribution is -2.28. The number of nitrogens with one attached hydrogen (secondary N) is 1. The van der Waals surface area contributed by atoms with Gasteiger partial charge in [-0.3, -0.25) is 0 Å². The van der Waals surface area contributed by atoms with E-state index >= 15 is 0 Å². The number of halogens is 1. The molecule has 0 unspecified atom stereocenters. The lowest BCUT2D eigenvalue weighted by molar-refractivity contribution is 0.372. The maximum absolute atomic E-state index is 5.86. The molecule has 0 saturated heterocycles. The van der Waals surface area contributed by atoms with Gasteiger partial charge in [-0.2, -0.15) is 4.98 Å². The quantitative estimate of drug-likeness (QED) is 0.916. The number of hydrogen-bond donors (Lipinski definition) is 1. The smallest absolute Gasteiger partial charge is 0.228 e. The Kier molecular flexibility index (Phi) is 4.33. The maximum Gasteiger partial charge on any atom is 0.228 e. The lowest BCUT2D eigenvalue weighted by atomic mass is 10.2. The molecule has 5 heteroatoms. The molecule has 1 heterocycles. The fraction of sp³-hybridized carbons (Fsp3) is 0.467. The zero-order valence-corrected chi connectivity index (χ0v) is 12.1.